The molecule has 168 valence electrons. The maximum absolute atomic E-state index is 13.2. The molecule has 1 fully saturated rings. The average molecular weight is 508 g/mol. The van der Waals surface area contributed by atoms with E-state index < -0.39 is 17.6 Å². The first-order valence-corrected chi connectivity index (χ1v) is 11.0. The highest BCUT2D eigenvalue weighted by molar-refractivity contribution is 9.10. The number of likely N-dealkylation sites (tertiary alicyclic amines) is 1. The highest BCUT2D eigenvalue weighted by atomic mass is 79.9. The summed E-state index contributed by atoms with van der Waals surface area (Å²) in [6.07, 6.45) is -2.47. The summed E-state index contributed by atoms with van der Waals surface area (Å²) in [7, 11) is 0. The lowest BCUT2D eigenvalue weighted by molar-refractivity contribution is -0.137. The number of alkyl halides is 3. The molecule has 1 aliphatic rings. The van der Waals surface area contributed by atoms with E-state index >= 15 is 0 Å². The van der Waals surface area contributed by atoms with Crippen LogP contribution in [0.1, 0.15) is 40.5 Å². The van der Waals surface area contributed by atoms with E-state index in [-0.39, 0.29) is 18.3 Å². The number of benzene rings is 2. The molecule has 4 rings (SSSR count). The predicted molar refractivity (Wildman–Crippen MR) is 117 cm³/mol. The Balaban J connectivity index is 1.49. The Kier molecular flexibility index (Phi) is 6.66. The first-order valence-electron chi connectivity index (χ1n) is 10.2. The molecule has 0 spiro atoms. The number of nitrogens with zero attached hydrogens (tertiary/aromatic N) is 2. The average Bonchev–Trinajstić information content (AvgIpc) is 3.47. The van der Waals surface area contributed by atoms with Crippen LogP contribution >= 0.6 is 15.9 Å². The molecule has 1 saturated heterocycles. The lowest BCUT2D eigenvalue weighted by atomic mass is 10.0. The van der Waals surface area contributed by atoms with Crippen LogP contribution in [0, 0.1) is 0 Å². The van der Waals surface area contributed by atoms with Crippen LogP contribution in [0.4, 0.5) is 13.2 Å². The van der Waals surface area contributed by atoms with Gasteiger partial charge < -0.3 is 9.84 Å². The van der Waals surface area contributed by atoms with E-state index in [0.717, 1.165) is 48.1 Å². The van der Waals surface area contributed by atoms with Crippen molar-refractivity contribution >= 4 is 21.8 Å². The van der Waals surface area contributed by atoms with Gasteiger partial charge in [-0.25, -0.2) is 0 Å². The number of carbonyl (C=O) groups is 1. The molecule has 1 aliphatic heterocycles. The lowest BCUT2D eigenvalue weighted by Crippen LogP contribution is -2.37. The van der Waals surface area contributed by atoms with Crippen LogP contribution in [-0.4, -0.2) is 35.6 Å². The van der Waals surface area contributed by atoms with Crippen molar-refractivity contribution in [3.05, 3.63) is 75.9 Å². The number of amides is 1. The zero-order valence-electron chi connectivity index (χ0n) is 17.0. The van der Waals surface area contributed by atoms with Crippen LogP contribution < -0.4 is 5.32 Å². The summed E-state index contributed by atoms with van der Waals surface area (Å²) in [6, 6.07) is 13.9. The molecule has 0 radical (unpaired) electrons. The first-order chi connectivity index (χ1) is 15.3. The van der Waals surface area contributed by atoms with E-state index in [1.54, 1.807) is 12.1 Å². The monoisotopic (exact) mass is 507 g/mol. The molecule has 2 aromatic carbocycles. The molecule has 9 heteroatoms. The molecule has 0 saturated carbocycles. The third-order valence-corrected chi connectivity index (χ3v) is 6.04. The second-order valence-electron chi connectivity index (χ2n) is 7.68. The third-order valence-electron chi connectivity index (χ3n) is 5.51. The smallest absolute Gasteiger partial charge is 0.355 e. The number of halogens is 4. The molecule has 1 amide bonds. The molecule has 0 aliphatic carbocycles. The SMILES string of the molecule is O=C(NC[C@@H](c1cccc(C(F)(F)F)c1)N1CCCC1)c1cc(-c2ccc(Br)cc2)on1. The maximum atomic E-state index is 13.2. The van der Waals surface area contributed by atoms with Gasteiger partial charge in [0.2, 0.25) is 0 Å². The van der Waals surface area contributed by atoms with E-state index in [9.17, 15) is 18.0 Å². The lowest BCUT2D eigenvalue weighted by Gasteiger charge is -2.28. The van der Waals surface area contributed by atoms with Gasteiger partial charge in [-0.2, -0.15) is 13.2 Å². The van der Waals surface area contributed by atoms with Gasteiger partial charge >= 0.3 is 6.18 Å². The second-order valence-corrected chi connectivity index (χ2v) is 8.59. The Morgan fingerprint density at radius 3 is 2.53 bits per heavy atom. The minimum absolute atomic E-state index is 0.118. The Morgan fingerprint density at radius 2 is 1.84 bits per heavy atom. The third kappa shape index (κ3) is 5.21. The van der Waals surface area contributed by atoms with E-state index in [1.165, 1.54) is 6.07 Å². The van der Waals surface area contributed by atoms with E-state index in [2.05, 4.69) is 31.3 Å². The molecule has 1 N–H and O–H groups in total. The van der Waals surface area contributed by atoms with E-state index in [0.29, 0.717) is 11.3 Å². The van der Waals surface area contributed by atoms with Gasteiger partial charge in [-0.3, -0.25) is 9.69 Å². The maximum Gasteiger partial charge on any atom is 0.416 e. The van der Waals surface area contributed by atoms with Gasteiger partial charge in [0.15, 0.2) is 11.5 Å². The van der Waals surface area contributed by atoms with Crippen LogP contribution in [0.15, 0.2) is 63.6 Å². The van der Waals surface area contributed by atoms with Gasteiger partial charge in [0.25, 0.3) is 5.91 Å². The normalized spacial score (nSPS) is 15.6. The van der Waals surface area contributed by atoms with Gasteiger partial charge in [-0.05, 0) is 55.8 Å². The van der Waals surface area contributed by atoms with Crippen LogP contribution in [0.5, 0.6) is 0 Å². The topological polar surface area (TPSA) is 58.4 Å². The largest absolute Gasteiger partial charge is 0.416 e. The van der Waals surface area contributed by atoms with Gasteiger partial charge in [0, 0.05) is 22.6 Å². The fraction of sp³-hybridized carbons (Fsp3) is 0.304. The van der Waals surface area contributed by atoms with Crippen molar-refractivity contribution < 1.29 is 22.5 Å². The number of carbonyl (C=O) groups excluding carboxylic acids is 1. The van der Waals surface area contributed by atoms with Gasteiger partial charge in [-0.15, -0.1) is 0 Å². The van der Waals surface area contributed by atoms with Gasteiger partial charge in [-0.1, -0.05) is 45.4 Å². The Hall–Kier alpha value is -2.65. The summed E-state index contributed by atoms with van der Waals surface area (Å²) < 4.78 is 45.8. The minimum atomic E-state index is -4.42. The van der Waals surface area contributed by atoms with Crippen molar-refractivity contribution in [1.82, 2.24) is 15.4 Å². The molecule has 5 nitrogen and oxygen atoms in total. The molecule has 1 atom stereocenters. The quantitative estimate of drug-likeness (QED) is 0.465. The number of hydrogen-bond donors (Lipinski definition) is 1. The van der Waals surface area contributed by atoms with Crippen molar-refractivity contribution in [1.29, 1.82) is 0 Å². The summed E-state index contributed by atoms with van der Waals surface area (Å²) >= 11 is 3.37. The zero-order chi connectivity index (χ0) is 22.7. The Morgan fingerprint density at radius 1 is 1.12 bits per heavy atom. The Labute approximate surface area is 191 Å². The number of rotatable bonds is 6. The molecule has 0 unspecified atom stereocenters. The highest BCUT2D eigenvalue weighted by Gasteiger charge is 2.32. The highest BCUT2D eigenvalue weighted by Crippen LogP contribution is 2.33. The van der Waals surface area contributed by atoms with Crippen molar-refractivity contribution in [2.24, 2.45) is 0 Å². The van der Waals surface area contributed by atoms with Crippen molar-refractivity contribution in [3.63, 3.8) is 0 Å². The minimum Gasteiger partial charge on any atom is -0.355 e. The number of aromatic nitrogens is 1. The van der Waals surface area contributed by atoms with Crippen LogP contribution in [-0.2, 0) is 6.18 Å². The molecule has 3 aromatic rings. The van der Waals surface area contributed by atoms with Crippen LogP contribution in [0.25, 0.3) is 11.3 Å². The predicted octanol–water partition coefficient (Wildman–Crippen LogP) is 5.69. The van der Waals surface area contributed by atoms with Crippen LogP contribution in [0.2, 0.25) is 0 Å². The van der Waals surface area contributed by atoms with E-state index in [4.69, 9.17) is 4.52 Å². The molecular weight excluding hydrogens is 487 g/mol. The van der Waals surface area contributed by atoms with Crippen LogP contribution in [0.3, 0.4) is 0 Å². The van der Waals surface area contributed by atoms with Gasteiger partial charge in [0.1, 0.15) is 0 Å². The number of nitrogens with one attached hydrogen (secondary N) is 1. The van der Waals surface area contributed by atoms with Crippen molar-refractivity contribution in [2.75, 3.05) is 19.6 Å². The number of hydrogen-bond acceptors (Lipinski definition) is 4. The van der Waals surface area contributed by atoms with E-state index in [1.807, 2.05) is 24.3 Å². The van der Waals surface area contributed by atoms with Crippen molar-refractivity contribution in [3.8, 4) is 11.3 Å². The molecule has 2 heterocycles. The molecule has 1 aromatic heterocycles. The summed E-state index contributed by atoms with van der Waals surface area (Å²) in [6.45, 7) is 1.71. The second kappa shape index (κ2) is 9.46. The Bertz CT molecular complexity index is 1080. The fourth-order valence-electron chi connectivity index (χ4n) is 3.85. The first kappa shape index (κ1) is 22.5. The molecule has 32 heavy (non-hydrogen) atoms. The molecule has 0 bridgehead atoms. The fourth-order valence-corrected chi connectivity index (χ4v) is 4.11. The standard InChI is InChI=1S/C23H21BrF3N3O2/c24-18-8-6-15(7-9-18)21-13-19(29-32-21)22(31)28-14-20(30-10-1-2-11-30)16-4-3-5-17(12-16)23(25,26)27/h3-9,12-13,20H,1-2,10-11,14H2,(H,28,31)/t20-/m0/s1. The summed E-state index contributed by atoms with van der Waals surface area (Å²) in [5.41, 5.74) is 0.727. The molecular formula is C23H21BrF3N3O2. The summed E-state index contributed by atoms with van der Waals surface area (Å²) in [4.78, 5) is 14.8. The summed E-state index contributed by atoms with van der Waals surface area (Å²) in [5.74, 6) is 0.0184. The van der Waals surface area contributed by atoms with Crippen molar-refractivity contribution in [2.45, 2.75) is 25.1 Å². The summed E-state index contributed by atoms with van der Waals surface area (Å²) in [5, 5.41) is 6.66. The zero-order valence-corrected chi connectivity index (χ0v) is 18.6. The van der Waals surface area contributed by atoms with Gasteiger partial charge in [0.05, 0.1) is 11.6 Å².